The third kappa shape index (κ3) is 4.41. The van der Waals surface area contributed by atoms with Crippen molar-refractivity contribution in [2.45, 2.75) is 64.9 Å². The van der Waals surface area contributed by atoms with Crippen molar-refractivity contribution in [1.29, 1.82) is 0 Å². The van der Waals surface area contributed by atoms with E-state index in [0.29, 0.717) is 12.3 Å². The van der Waals surface area contributed by atoms with Gasteiger partial charge in [0, 0.05) is 17.5 Å². The zero-order valence-electron chi connectivity index (χ0n) is 15.0. The summed E-state index contributed by atoms with van der Waals surface area (Å²) in [5.74, 6) is 0.647. The molecular weight excluding hydrogens is 300 g/mol. The molecule has 0 spiro atoms. The normalized spacial score (nSPS) is 22.1. The van der Waals surface area contributed by atoms with Crippen LogP contribution < -0.4 is 0 Å². The molecular formula is C21H30O3. The molecule has 0 radical (unpaired) electrons. The van der Waals surface area contributed by atoms with Crippen molar-refractivity contribution in [3.05, 3.63) is 47.1 Å². The number of hydrogen-bond donors (Lipinski definition) is 3. The van der Waals surface area contributed by atoms with Gasteiger partial charge in [-0.05, 0) is 70.4 Å². The van der Waals surface area contributed by atoms with Crippen molar-refractivity contribution < 1.29 is 15.3 Å². The van der Waals surface area contributed by atoms with Gasteiger partial charge in [0.15, 0.2) is 0 Å². The fraction of sp³-hybridized carbons (Fsp3) is 0.524. The maximum Gasteiger partial charge on any atom is 0.123 e. The van der Waals surface area contributed by atoms with Crippen LogP contribution in [0.15, 0.2) is 35.9 Å². The zero-order valence-corrected chi connectivity index (χ0v) is 15.0. The average Bonchev–Trinajstić information content (AvgIpc) is 2.45. The maximum atomic E-state index is 10.6. The SMILES string of the molecule is C=C(C)[C@@H]1CCC(C)=C[C@H]1c1c(O)cc(O)cc1CCCC(C)O. The second-order valence-electron chi connectivity index (χ2n) is 7.31. The molecule has 0 fully saturated rings. The van der Waals surface area contributed by atoms with Crippen molar-refractivity contribution in [1.82, 2.24) is 0 Å². The number of aryl methyl sites for hydroxylation is 1. The van der Waals surface area contributed by atoms with Crippen LogP contribution in [0, 0.1) is 5.92 Å². The molecule has 24 heavy (non-hydrogen) atoms. The van der Waals surface area contributed by atoms with E-state index in [4.69, 9.17) is 0 Å². The summed E-state index contributed by atoms with van der Waals surface area (Å²) in [6, 6.07) is 3.19. The smallest absolute Gasteiger partial charge is 0.123 e. The van der Waals surface area contributed by atoms with Crippen LogP contribution in [-0.2, 0) is 6.42 Å². The van der Waals surface area contributed by atoms with E-state index < -0.39 is 0 Å². The van der Waals surface area contributed by atoms with Crippen LogP contribution in [0.5, 0.6) is 11.5 Å². The lowest BCUT2D eigenvalue weighted by atomic mass is 9.72. The van der Waals surface area contributed by atoms with Crippen molar-refractivity contribution in [2.75, 3.05) is 0 Å². The molecule has 3 atom stereocenters. The lowest BCUT2D eigenvalue weighted by Gasteiger charge is -2.32. The van der Waals surface area contributed by atoms with E-state index in [1.807, 2.05) is 0 Å². The van der Waals surface area contributed by atoms with Crippen LogP contribution in [0.3, 0.4) is 0 Å². The van der Waals surface area contributed by atoms with Gasteiger partial charge in [-0.25, -0.2) is 0 Å². The standard InChI is InChI=1S/C21H30O3/c1-13(2)18-9-8-14(3)10-19(18)21-16(7-5-6-15(4)22)11-17(23)12-20(21)24/h10-12,15,18-19,22-24H,1,5-9H2,2-4H3/t15?,18-,19+/m0/s1. The van der Waals surface area contributed by atoms with Gasteiger partial charge in [0.1, 0.15) is 11.5 Å². The van der Waals surface area contributed by atoms with Gasteiger partial charge >= 0.3 is 0 Å². The average molecular weight is 330 g/mol. The molecule has 0 amide bonds. The first-order chi connectivity index (χ1) is 11.3. The molecule has 1 aliphatic carbocycles. The van der Waals surface area contributed by atoms with E-state index >= 15 is 0 Å². The van der Waals surface area contributed by atoms with Crippen molar-refractivity contribution in [2.24, 2.45) is 5.92 Å². The molecule has 3 nitrogen and oxygen atoms in total. The summed E-state index contributed by atoms with van der Waals surface area (Å²) in [5, 5.41) is 29.9. The first-order valence-electron chi connectivity index (χ1n) is 8.85. The zero-order chi connectivity index (χ0) is 17.9. The number of hydrogen-bond acceptors (Lipinski definition) is 3. The maximum absolute atomic E-state index is 10.6. The minimum absolute atomic E-state index is 0.0895. The Balaban J connectivity index is 2.42. The van der Waals surface area contributed by atoms with Crippen molar-refractivity contribution >= 4 is 0 Å². The summed E-state index contributed by atoms with van der Waals surface area (Å²) in [4.78, 5) is 0. The highest BCUT2D eigenvalue weighted by molar-refractivity contribution is 5.50. The number of rotatable bonds is 6. The molecule has 1 aromatic rings. The van der Waals surface area contributed by atoms with Crippen LogP contribution in [0.25, 0.3) is 0 Å². The van der Waals surface area contributed by atoms with Crippen molar-refractivity contribution in [3.8, 4) is 11.5 Å². The Bertz CT molecular complexity index is 628. The van der Waals surface area contributed by atoms with Gasteiger partial charge in [-0.1, -0.05) is 23.8 Å². The number of phenols is 2. The Kier molecular flexibility index (Phi) is 6.11. The van der Waals surface area contributed by atoms with Crippen LogP contribution >= 0.6 is 0 Å². The van der Waals surface area contributed by atoms with E-state index in [0.717, 1.165) is 42.4 Å². The highest BCUT2D eigenvalue weighted by Gasteiger charge is 2.29. The molecule has 0 bridgehead atoms. The summed E-state index contributed by atoms with van der Waals surface area (Å²) >= 11 is 0. The van der Waals surface area contributed by atoms with Gasteiger partial charge in [-0.3, -0.25) is 0 Å². The minimum atomic E-state index is -0.334. The number of aromatic hydroxyl groups is 2. The van der Waals surface area contributed by atoms with E-state index in [1.54, 1.807) is 13.0 Å². The lowest BCUT2D eigenvalue weighted by molar-refractivity contribution is 0.181. The molecule has 0 aromatic heterocycles. The summed E-state index contributed by atoms with van der Waals surface area (Å²) in [6.07, 6.45) is 6.26. The number of aliphatic hydroxyl groups is 1. The molecule has 1 aromatic carbocycles. The van der Waals surface area contributed by atoms with Gasteiger partial charge < -0.3 is 15.3 Å². The molecule has 3 N–H and O–H groups in total. The number of allylic oxidation sites excluding steroid dienone is 3. The van der Waals surface area contributed by atoms with E-state index in [9.17, 15) is 15.3 Å². The molecule has 0 saturated carbocycles. The van der Waals surface area contributed by atoms with Crippen LogP contribution in [-0.4, -0.2) is 21.4 Å². The molecule has 3 heteroatoms. The highest BCUT2D eigenvalue weighted by atomic mass is 16.3. The van der Waals surface area contributed by atoms with Crippen LogP contribution in [0.4, 0.5) is 0 Å². The molecule has 1 aliphatic rings. The Hall–Kier alpha value is -1.74. The monoisotopic (exact) mass is 330 g/mol. The summed E-state index contributed by atoms with van der Waals surface area (Å²) in [5.41, 5.74) is 4.34. The second-order valence-corrected chi connectivity index (χ2v) is 7.31. The topological polar surface area (TPSA) is 60.7 Å². The summed E-state index contributed by atoms with van der Waals surface area (Å²) in [7, 11) is 0. The third-order valence-corrected chi connectivity index (χ3v) is 5.01. The largest absolute Gasteiger partial charge is 0.508 e. The van der Waals surface area contributed by atoms with Gasteiger partial charge in [0.25, 0.3) is 0 Å². The molecule has 1 unspecified atom stereocenters. The molecule has 0 heterocycles. The third-order valence-electron chi connectivity index (χ3n) is 5.01. The van der Waals surface area contributed by atoms with Gasteiger partial charge in [-0.2, -0.15) is 0 Å². The predicted octanol–water partition coefficient (Wildman–Crippen LogP) is 4.82. The first-order valence-corrected chi connectivity index (χ1v) is 8.85. The predicted molar refractivity (Wildman–Crippen MR) is 98.4 cm³/mol. The molecule has 132 valence electrons. The Morgan fingerprint density at radius 1 is 1.33 bits per heavy atom. The number of benzene rings is 1. The number of aliphatic hydroxyl groups excluding tert-OH is 1. The van der Waals surface area contributed by atoms with E-state index in [1.165, 1.54) is 11.6 Å². The van der Waals surface area contributed by atoms with Gasteiger partial charge in [0.2, 0.25) is 0 Å². The Morgan fingerprint density at radius 2 is 2.04 bits per heavy atom. The van der Waals surface area contributed by atoms with Gasteiger partial charge in [-0.15, -0.1) is 0 Å². The van der Waals surface area contributed by atoms with Gasteiger partial charge in [0.05, 0.1) is 6.10 Å². The number of phenolic OH excluding ortho intramolecular Hbond substituents is 2. The quantitative estimate of drug-likeness (QED) is 0.656. The van der Waals surface area contributed by atoms with E-state index in [2.05, 4.69) is 26.5 Å². The Morgan fingerprint density at radius 3 is 2.67 bits per heavy atom. The molecule has 0 saturated heterocycles. The Labute approximate surface area is 145 Å². The fourth-order valence-electron chi connectivity index (χ4n) is 3.77. The minimum Gasteiger partial charge on any atom is -0.508 e. The molecule has 2 rings (SSSR count). The van der Waals surface area contributed by atoms with Crippen molar-refractivity contribution in [3.63, 3.8) is 0 Å². The second kappa shape index (κ2) is 7.89. The van der Waals surface area contributed by atoms with Crippen LogP contribution in [0.2, 0.25) is 0 Å². The van der Waals surface area contributed by atoms with Crippen LogP contribution in [0.1, 0.15) is 63.5 Å². The van der Waals surface area contributed by atoms with E-state index in [-0.39, 0.29) is 23.5 Å². The summed E-state index contributed by atoms with van der Waals surface area (Å²) in [6.45, 7) is 10.1. The summed E-state index contributed by atoms with van der Waals surface area (Å²) < 4.78 is 0. The molecule has 0 aliphatic heterocycles. The fourth-order valence-corrected chi connectivity index (χ4v) is 3.77. The first kappa shape index (κ1) is 18.6. The highest BCUT2D eigenvalue weighted by Crippen LogP contribution is 2.45. The lowest BCUT2D eigenvalue weighted by Crippen LogP contribution is -2.18.